The van der Waals surface area contributed by atoms with E-state index in [1.54, 1.807) is 0 Å². The predicted molar refractivity (Wildman–Crippen MR) is 95.3 cm³/mol. The average Bonchev–Trinajstić information content (AvgIpc) is 2.95. The van der Waals surface area contributed by atoms with Gasteiger partial charge in [-0.3, -0.25) is 0 Å². The van der Waals surface area contributed by atoms with Gasteiger partial charge in [-0.2, -0.15) is 0 Å². The quantitative estimate of drug-likeness (QED) is 0.896. The normalized spacial score (nSPS) is 18.8. The number of nitrogens with one attached hydrogen (secondary N) is 1. The summed E-state index contributed by atoms with van der Waals surface area (Å²) in [5.41, 5.74) is 0.568. The van der Waals surface area contributed by atoms with Gasteiger partial charge in [0.1, 0.15) is 18.2 Å². The summed E-state index contributed by atoms with van der Waals surface area (Å²) in [4.78, 5) is 16.8. The van der Waals surface area contributed by atoms with Crippen LogP contribution in [0.5, 0.6) is 0 Å². The van der Waals surface area contributed by atoms with Gasteiger partial charge in [0.05, 0.1) is 6.04 Å². The van der Waals surface area contributed by atoms with E-state index in [0.29, 0.717) is 24.8 Å². The van der Waals surface area contributed by atoms with Crippen LogP contribution in [0.15, 0.2) is 35.3 Å². The van der Waals surface area contributed by atoms with Crippen molar-refractivity contribution < 1.29 is 14.3 Å². The van der Waals surface area contributed by atoms with Gasteiger partial charge < -0.3 is 14.8 Å². The number of carbonyl (C=O) groups excluding carboxylic acids is 1. The molecule has 0 saturated carbocycles. The van der Waals surface area contributed by atoms with Crippen molar-refractivity contribution in [2.45, 2.75) is 58.7 Å². The lowest BCUT2D eigenvalue weighted by atomic mass is 10.1. The number of hydrogen-bond acceptors (Lipinski definition) is 4. The minimum absolute atomic E-state index is 0.138. The summed E-state index contributed by atoms with van der Waals surface area (Å²) in [7, 11) is 0. The van der Waals surface area contributed by atoms with Gasteiger partial charge in [0.15, 0.2) is 0 Å². The first-order chi connectivity index (χ1) is 11.2. The summed E-state index contributed by atoms with van der Waals surface area (Å²) in [5, 5.41) is 2.91. The molecule has 0 aliphatic carbocycles. The van der Waals surface area contributed by atoms with Gasteiger partial charge in [0.25, 0.3) is 0 Å². The molecule has 1 unspecified atom stereocenters. The van der Waals surface area contributed by atoms with Gasteiger partial charge in [-0.15, -0.1) is 0 Å². The van der Waals surface area contributed by atoms with Crippen molar-refractivity contribution in [1.29, 1.82) is 0 Å². The zero-order chi connectivity index (χ0) is 17.7. The standard InChI is InChI=1S/C19H28N2O3/c1-13(2)16-12-23-17(20-16)15(11-14-9-7-6-8-10-14)21-18(22)24-19(3,4)5/h6-10,13,15-16H,11-12H2,1-5H3,(H,21,22)/t15?,16-/m1/s1. The number of amides is 1. The second-order valence-electron chi connectivity index (χ2n) is 7.48. The molecule has 1 aliphatic heterocycles. The molecule has 0 fully saturated rings. The summed E-state index contributed by atoms with van der Waals surface area (Å²) in [6, 6.07) is 9.79. The number of benzene rings is 1. The molecule has 0 aromatic heterocycles. The Morgan fingerprint density at radius 2 is 2.00 bits per heavy atom. The van der Waals surface area contributed by atoms with Gasteiger partial charge in [-0.1, -0.05) is 44.2 Å². The van der Waals surface area contributed by atoms with E-state index < -0.39 is 11.7 Å². The Balaban J connectivity index is 2.13. The number of nitrogens with zero attached hydrogens (tertiary/aromatic N) is 1. The van der Waals surface area contributed by atoms with E-state index in [1.165, 1.54) is 0 Å². The molecule has 5 nitrogen and oxygen atoms in total. The first-order valence-electron chi connectivity index (χ1n) is 8.48. The van der Waals surface area contributed by atoms with E-state index >= 15 is 0 Å². The van der Waals surface area contributed by atoms with Gasteiger partial charge in [-0.25, -0.2) is 9.79 Å². The lowest BCUT2D eigenvalue weighted by Gasteiger charge is -2.23. The summed E-state index contributed by atoms with van der Waals surface area (Å²) < 4.78 is 11.2. The molecule has 0 spiro atoms. The zero-order valence-electron chi connectivity index (χ0n) is 15.2. The Hall–Kier alpha value is -2.04. The third-order valence-corrected chi connectivity index (χ3v) is 3.74. The first-order valence-corrected chi connectivity index (χ1v) is 8.48. The predicted octanol–water partition coefficient (Wildman–Crippen LogP) is 3.58. The number of carbonyl (C=O) groups is 1. The van der Waals surface area contributed by atoms with Gasteiger partial charge >= 0.3 is 6.09 Å². The second kappa shape index (κ2) is 7.69. The molecule has 0 saturated heterocycles. The molecule has 24 heavy (non-hydrogen) atoms. The van der Waals surface area contributed by atoms with Crippen molar-refractivity contribution in [1.82, 2.24) is 5.32 Å². The topological polar surface area (TPSA) is 59.9 Å². The SMILES string of the molecule is CC(C)[C@H]1COC(C(Cc2ccccc2)NC(=O)OC(C)(C)C)=N1. The Morgan fingerprint density at radius 3 is 2.54 bits per heavy atom. The third kappa shape index (κ3) is 5.55. The van der Waals surface area contributed by atoms with Crippen LogP contribution in [0.4, 0.5) is 4.79 Å². The van der Waals surface area contributed by atoms with Crippen molar-refractivity contribution in [3.8, 4) is 0 Å². The van der Waals surface area contributed by atoms with Crippen molar-refractivity contribution in [3.05, 3.63) is 35.9 Å². The van der Waals surface area contributed by atoms with E-state index in [-0.39, 0.29) is 12.1 Å². The molecule has 2 rings (SSSR count). The molecular weight excluding hydrogens is 304 g/mol. The van der Waals surface area contributed by atoms with Crippen LogP contribution >= 0.6 is 0 Å². The number of alkyl carbamates (subject to hydrolysis) is 1. The van der Waals surface area contributed by atoms with Gasteiger partial charge in [0.2, 0.25) is 5.90 Å². The third-order valence-electron chi connectivity index (χ3n) is 3.74. The Labute approximate surface area is 144 Å². The highest BCUT2D eigenvalue weighted by Crippen LogP contribution is 2.17. The molecule has 0 radical (unpaired) electrons. The summed E-state index contributed by atoms with van der Waals surface area (Å²) in [6.45, 7) is 10.3. The highest BCUT2D eigenvalue weighted by atomic mass is 16.6. The molecule has 1 aromatic rings. The highest BCUT2D eigenvalue weighted by Gasteiger charge is 2.30. The Bertz CT molecular complexity index is 576. The first kappa shape index (κ1) is 18.3. The number of ether oxygens (including phenoxy) is 2. The van der Waals surface area contributed by atoms with Gasteiger partial charge in [0, 0.05) is 6.42 Å². The smallest absolute Gasteiger partial charge is 0.408 e. The molecule has 1 N–H and O–H groups in total. The van der Waals surface area contributed by atoms with Crippen LogP contribution in [0.25, 0.3) is 0 Å². The molecule has 1 aromatic carbocycles. The second-order valence-corrected chi connectivity index (χ2v) is 7.48. The monoisotopic (exact) mass is 332 g/mol. The van der Waals surface area contributed by atoms with Crippen molar-refractivity contribution >= 4 is 12.0 Å². The fourth-order valence-corrected chi connectivity index (χ4v) is 2.44. The van der Waals surface area contributed by atoms with Crippen LogP contribution in [-0.4, -0.2) is 36.3 Å². The molecule has 0 bridgehead atoms. The minimum atomic E-state index is -0.541. The lowest BCUT2D eigenvalue weighted by molar-refractivity contribution is 0.0513. The summed E-state index contributed by atoms with van der Waals surface area (Å²) in [6.07, 6.45) is 0.159. The van der Waals surface area contributed by atoms with Crippen LogP contribution < -0.4 is 5.32 Å². The number of rotatable bonds is 5. The Kier molecular flexibility index (Phi) is 5.86. The zero-order valence-corrected chi connectivity index (χ0v) is 15.2. The van der Waals surface area contributed by atoms with Crippen LogP contribution in [0.3, 0.4) is 0 Å². The number of aliphatic imine (C=N–C) groups is 1. The van der Waals surface area contributed by atoms with E-state index in [9.17, 15) is 4.79 Å². The fraction of sp³-hybridized carbons (Fsp3) is 0.579. The summed E-state index contributed by atoms with van der Waals surface area (Å²) in [5.74, 6) is 0.991. The molecule has 1 aliphatic rings. The molecule has 1 heterocycles. The maximum Gasteiger partial charge on any atom is 0.408 e. The van der Waals surface area contributed by atoms with Crippen LogP contribution in [0.1, 0.15) is 40.2 Å². The van der Waals surface area contributed by atoms with Crippen molar-refractivity contribution in [2.24, 2.45) is 10.9 Å². The maximum atomic E-state index is 12.2. The molecular formula is C19H28N2O3. The average molecular weight is 332 g/mol. The summed E-state index contributed by atoms with van der Waals surface area (Å²) >= 11 is 0. The molecule has 5 heteroatoms. The van der Waals surface area contributed by atoms with Crippen LogP contribution in [0.2, 0.25) is 0 Å². The van der Waals surface area contributed by atoms with E-state index in [1.807, 2.05) is 51.1 Å². The van der Waals surface area contributed by atoms with Crippen LogP contribution in [-0.2, 0) is 15.9 Å². The van der Waals surface area contributed by atoms with Crippen molar-refractivity contribution in [3.63, 3.8) is 0 Å². The molecule has 132 valence electrons. The lowest BCUT2D eigenvalue weighted by Crippen LogP contribution is -2.44. The van der Waals surface area contributed by atoms with E-state index in [0.717, 1.165) is 5.56 Å². The highest BCUT2D eigenvalue weighted by molar-refractivity contribution is 5.87. The fourth-order valence-electron chi connectivity index (χ4n) is 2.44. The minimum Gasteiger partial charge on any atom is -0.477 e. The maximum absolute atomic E-state index is 12.2. The van der Waals surface area contributed by atoms with Crippen molar-refractivity contribution in [2.75, 3.05) is 6.61 Å². The number of hydrogen-bond donors (Lipinski definition) is 1. The molecule has 2 atom stereocenters. The van der Waals surface area contributed by atoms with Crippen LogP contribution in [0, 0.1) is 5.92 Å². The van der Waals surface area contributed by atoms with E-state index in [2.05, 4.69) is 24.2 Å². The van der Waals surface area contributed by atoms with Gasteiger partial charge in [-0.05, 0) is 32.3 Å². The largest absolute Gasteiger partial charge is 0.477 e. The molecule has 1 amide bonds. The Morgan fingerprint density at radius 1 is 1.33 bits per heavy atom. The van der Waals surface area contributed by atoms with E-state index in [4.69, 9.17) is 9.47 Å².